The number of allylic oxidation sites excluding steroid dienone is 3. The number of fused-ring (bicyclic) bond motifs is 1. The van der Waals surface area contributed by atoms with Crippen LogP contribution in [0.4, 0.5) is 0 Å². The number of benzene rings is 1. The Hall–Kier alpha value is -2.53. The van der Waals surface area contributed by atoms with Gasteiger partial charge in [0.2, 0.25) is 0 Å². The number of phenolic OH excluding ortho intramolecular Hbond substituents is 1. The average molecular weight is 531 g/mol. The zero-order valence-electron chi connectivity index (χ0n) is 24.9. The van der Waals surface area contributed by atoms with Crippen molar-refractivity contribution in [2.45, 2.75) is 91.0 Å². The largest absolute Gasteiger partial charge is 0.508 e. The predicted molar refractivity (Wildman–Crippen MR) is 163 cm³/mol. The molecule has 1 spiro atoms. The molecule has 0 radical (unpaired) electrons. The zero-order chi connectivity index (χ0) is 27.9. The van der Waals surface area contributed by atoms with E-state index in [2.05, 4.69) is 56.6 Å². The van der Waals surface area contributed by atoms with Gasteiger partial charge < -0.3 is 16.2 Å². The molecule has 3 aliphatic carbocycles. The molecule has 0 amide bonds. The normalized spacial score (nSPS) is 32.1. The van der Waals surface area contributed by atoms with Gasteiger partial charge in [0, 0.05) is 48.6 Å². The number of aliphatic imine (C=N–C) groups is 1. The van der Waals surface area contributed by atoms with Crippen LogP contribution in [-0.4, -0.2) is 41.9 Å². The highest BCUT2D eigenvalue weighted by molar-refractivity contribution is 5.84. The zero-order valence-corrected chi connectivity index (χ0v) is 24.9. The summed E-state index contributed by atoms with van der Waals surface area (Å²) < 4.78 is 0. The Morgan fingerprint density at radius 3 is 2.69 bits per heavy atom. The van der Waals surface area contributed by atoms with Crippen molar-refractivity contribution in [3.8, 4) is 5.75 Å². The van der Waals surface area contributed by atoms with Crippen LogP contribution < -0.4 is 11.1 Å². The number of likely N-dealkylation sites (tertiary alicyclic amines) is 1. The summed E-state index contributed by atoms with van der Waals surface area (Å²) in [6, 6.07) is 6.81. The number of aromatic hydroxyl groups is 1. The van der Waals surface area contributed by atoms with Gasteiger partial charge in [0.15, 0.2) is 0 Å². The molecule has 39 heavy (non-hydrogen) atoms. The standard InChI is InChI=1S/C34H50N4O/c1-7-27(24(5)35)19-37-32(22(2)3)36-14-8-13-33-17-23(4)18-34(33)29(15-28-11-12-30(39)16-31(28)34)21-38(25(33)6)20-26-9-10-26/h7,11-12,16,19,23,25-26,29,36,39H,5,8-10,13-15,17-18,20-21,35H2,1-4,6H3/b27-7+,37-19-/t23-,25?,29?,33?,34?/m0/s1. The number of hydrogen-bond acceptors (Lipinski definition) is 5. The number of phenols is 1. The predicted octanol–water partition coefficient (Wildman–Crippen LogP) is 6.44. The first-order chi connectivity index (χ1) is 18.6. The van der Waals surface area contributed by atoms with Crippen LogP contribution in [0.3, 0.4) is 0 Å². The summed E-state index contributed by atoms with van der Waals surface area (Å²) in [6.07, 6.45) is 12.5. The van der Waals surface area contributed by atoms with E-state index in [4.69, 9.17) is 10.7 Å². The Labute approximate surface area is 236 Å². The van der Waals surface area contributed by atoms with Gasteiger partial charge in [0.1, 0.15) is 11.6 Å². The second-order valence-electron chi connectivity index (χ2n) is 13.4. The van der Waals surface area contributed by atoms with Crippen molar-refractivity contribution in [1.82, 2.24) is 10.2 Å². The molecular weight excluding hydrogens is 480 g/mol. The van der Waals surface area contributed by atoms with Crippen LogP contribution in [0.2, 0.25) is 0 Å². The molecule has 1 aliphatic heterocycles. The van der Waals surface area contributed by atoms with Gasteiger partial charge in [0.25, 0.3) is 0 Å². The van der Waals surface area contributed by atoms with Crippen LogP contribution >= 0.6 is 0 Å². The molecule has 1 aromatic rings. The lowest BCUT2D eigenvalue weighted by molar-refractivity contribution is -0.0712. The maximum absolute atomic E-state index is 10.6. The molecule has 1 heterocycles. The van der Waals surface area contributed by atoms with Crippen LogP contribution in [0.15, 0.2) is 58.5 Å². The van der Waals surface area contributed by atoms with Crippen LogP contribution in [0.5, 0.6) is 5.75 Å². The fraction of sp³-hybridized carbons (Fsp3) is 0.618. The van der Waals surface area contributed by atoms with Crippen molar-refractivity contribution in [2.75, 3.05) is 19.6 Å². The quantitative estimate of drug-likeness (QED) is 0.185. The number of nitrogens with two attached hydrogens (primary N) is 1. The Kier molecular flexibility index (Phi) is 7.76. The SMILES string of the molecule is C=C(N)C(/C=N\C(NCCCC12C[C@H](C)CC13c1cc(O)ccc1CC3CN(CC1CC1)C2C)=C(C)C)=C/C. The van der Waals surface area contributed by atoms with Crippen LogP contribution in [0.1, 0.15) is 84.3 Å². The summed E-state index contributed by atoms with van der Waals surface area (Å²) in [5.41, 5.74) is 11.8. The van der Waals surface area contributed by atoms with Gasteiger partial charge in [-0.3, -0.25) is 4.90 Å². The molecule has 4 aliphatic rings. The first-order valence-electron chi connectivity index (χ1n) is 15.2. The monoisotopic (exact) mass is 530 g/mol. The van der Waals surface area contributed by atoms with Crippen molar-refractivity contribution in [2.24, 2.45) is 33.9 Å². The molecule has 5 atom stereocenters. The van der Waals surface area contributed by atoms with Gasteiger partial charge in [-0.1, -0.05) is 25.6 Å². The summed E-state index contributed by atoms with van der Waals surface area (Å²) in [5.74, 6) is 3.58. The lowest BCUT2D eigenvalue weighted by Crippen LogP contribution is -2.64. The molecule has 0 bridgehead atoms. The lowest BCUT2D eigenvalue weighted by Gasteiger charge is -2.60. The number of nitrogens with one attached hydrogen (secondary N) is 1. The third kappa shape index (κ3) is 4.96. The third-order valence-electron chi connectivity index (χ3n) is 10.6. The minimum Gasteiger partial charge on any atom is -0.508 e. The summed E-state index contributed by atoms with van der Waals surface area (Å²) in [5, 5.41) is 14.3. The minimum absolute atomic E-state index is 0.166. The fourth-order valence-electron chi connectivity index (χ4n) is 8.79. The molecule has 0 aromatic heterocycles. The first kappa shape index (κ1) is 28.0. The number of nitrogens with zero attached hydrogens (tertiary/aromatic N) is 2. The van der Waals surface area contributed by atoms with E-state index < -0.39 is 0 Å². The summed E-state index contributed by atoms with van der Waals surface area (Å²) >= 11 is 0. The van der Waals surface area contributed by atoms with Crippen molar-refractivity contribution in [3.05, 3.63) is 64.6 Å². The summed E-state index contributed by atoms with van der Waals surface area (Å²) in [4.78, 5) is 7.61. The smallest absolute Gasteiger partial charge is 0.124 e. The molecule has 2 saturated carbocycles. The van der Waals surface area contributed by atoms with E-state index >= 15 is 0 Å². The van der Waals surface area contributed by atoms with E-state index in [1.165, 1.54) is 56.3 Å². The van der Waals surface area contributed by atoms with Gasteiger partial charge >= 0.3 is 0 Å². The highest BCUT2D eigenvalue weighted by atomic mass is 16.3. The van der Waals surface area contributed by atoms with Gasteiger partial charge in [-0.15, -0.1) is 0 Å². The van der Waals surface area contributed by atoms with E-state index in [0.29, 0.717) is 29.3 Å². The maximum atomic E-state index is 10.6. The second kappa shape index (κ2) is 10.8. The number of rotatable bonds is 10. The molecule has 1 aromatic carbocycles. The highest BCUT2D eigenvalue weighted by Gasteiger charge is 2.68. The Morgan fingerprint density at radius 2 is 2.03 bits per heavy atom. The van der Waals surface area contributed by atoms with E-state index in [9.17, 15) is 5.11 Å². The van der Waals surface area contributed by atoms with Crippen LogP contribution in [0.25, 0.3) is 0 Å². The maximum Gasteiger partial charge on any atom is 0.124 e. The molecule has 5 heteroatoms. The Balaban J connectivity index is 1.41. The van der Waals surface area contributed by atoms with Gasteiger partial charge in [-0.2, -0.15) is 0 Å². The van der Waals surface area contributed by atoms with E-state index in [-0.39, 0.29) is 10.8 Å². The number of piperidine rings is 1. The van der Waals surface area contributed by atoms with Crippen molar-refractivity contribution >= 4 is 6.21 Å². The molecule has 4 N–H and O–H groups in total. The molecule has 5 rings (SSSR count). The van der Waals surface area contributed by atoms with E-state index in [1.54, 1.807) is 0 Å². The molecule has 3 fully saturated rings. The Morgan fingerprint density at radius 1 is 1.26 bits per heavy atom. The first-order valence-corrected chi connectivity index (χ1v) is 15.2. The highest BCUT2D eigenvalue weighted by Crippen LogP contribution is 2.70. The molecule has 5 nitrogen and oxygen atoms in total. The van der Waals surface area contributed by atoms with Crippen molar-refractivity contribution in [1.29, 1.82) is 0 Å². The molecular formula is C34H50N4O. The summed E-state index contributed by atoms with van der Waals surface area (Å²) in [7, 11) is 0. The average Bonchev–Trinajstić information content (AvgIpc) is 3.57. The lowest BCUT2D eigenvalue weighted by atomic mass is 9.51. The molecule has 1 saturated heterocycles. The summed E-state index contributed by atoms with van der Waals surface area (Å²) in [6.45, 7) is 18.4. The number of hydrogen-bond donors (Lipinski definition) is 3. The minimum atomic E-state index is 0.166. The van der Waals surface area contributed by atoms with Crippen molar-refractivity contribution in [3.63, 3.8) is 0 Å². The van der Waals surface area contributed by atoms with Gasteiger partial charge in [-0.25, -0.2) is 4.99 Å². The van der Waals surface area contributed by atoms with Gasteiger partial charge in [0.05, 0.1) is 0 Å². The van der Waals surface area contributed by atoms with E-state index in [1.807, 2.05) is 25.3 Å². The van der Waals surface area contributed by atoms with Crippen molar-refractivity contribution < 1.29 is 5.11 Å². The fourth-order valence-corrected chi connectivity index (χ4v) is 8.79. The van der Waals surface area contributed by atoms with E-state index in [0.717, 1.165) is 42.3 Å². The van der Waals surface area contributed by atoms with Crippen LogP contribution in [-0.2, 0) is 11.8 Å². The molecule has 4 unspecified atom stereocenters. The molecule has 212 valence electrons. The second-order valence-corrected chi connectivity index (χ2v) is 13.4. The van der Waals surface area contributed by atoms with Gasteiger partial charge in [-0.05, 0) is 125 Å². The topological polar surface area (TPSA) is 73.9 Å². The third-order valence-corrected chi connectivity index (χ3v) is 10.6. The van der Waals surface area contributed by atoms with Crippen LogP contribution in [0, 0.1) is 23.2 Å². The Bertz CT molecular complexity index is 1190.